The molecule has 3 rings (SSSR count). The molecule has 0 amide bonds. The van der Waals surface area contributed by atoms with Crippen molar-refractivity contribution in [1.82, 2.24) is 10.2 Å². The Morgan fingerprint density at radius 3 is 2.85 bits per heavy atom. The third kappa shape index (κ3) is 2.66. The Bertz CT molecular complexity index is 679. The van der Waals surface area contributed by atoms with E-state index in [1.165, 1.54) is 0 Å². The van der Waals surface area contributed by atoms with E-state index in [-0.39, 0.29) is 5.63 Å². The van der Waals surface area contributed by atoms with Crippen LogP contribution in [0.2, 0.25) is 0 Å². The van der Waals surface area contributed by atoms with E-state index >= 15 is 0 Å². The van der Waals surface area contributed by atoms with E-state index in [1.54, 1.807) is 6.07 Å². The zero-order valence-corrected chi connectivity index (χ0v) is 12.9. The summed E-state index contributed by atoms with van der Waals surface area (Å²) in [6.07, 6.45) is 0. The fourth-order valence-electron chi connectivity index (χ4n) is 2.58. The zero-order chi connectivity index (χ0) is 14.1. The summed E-state index contributed by atoms with van der Waals surface area (Å²) in [6, 6.07) is 8.02. The Labute approximate surface area is 125 Å². The molecule has 2 heterocycles. The average Bonchev–Trinajstić information content (AvgIpc) is 2.34. The lowest BCUT2D eigenvalue weighted by molar-refractivity contribution is 0.145. The van der Waals surface area contributed by atoms with Gasteiger partial charge >= 0.3 is 5.63 Å². The molecule has 0 bridgehead atoms. The predicted octanol–water partition coefficient (Wildman–Crippen LogP) is 2.35. The second-order valence-corrected chi connectivity index (χ2v) is 6.02. The second kappa shape index (κ2) is 5.68. The number of hydrogen-bond acceptors (Lipinski definition) is 4. The number of rotatable bonds is 4. The summed E-state index contributed by atoms with van der Waals surface area (Å²) >= 11 is 3.41. The topological polar surface area (TPSA) is 45.5 Å². The summed E-state index contributed by atoms with van der Waals surface area (Å²) in [7, 11) is 0. The summed E-state index contributed by atoms with van der Waals surface area (Å²) in [5, 5.41) is 4.30. The minimum Gasteiger partial charge on any atom is -0.423 e. The first-order valence-electron chi connectivity index (χ1n) is 6.84. The van der Waals surface area contributed by atoms with Gasteiger partial charge in [-0.3, -0.25) is 4.90 Å². The van der Waals surface area contributed by atoms with Gasteiger partial charge in [-0.15, -0.1) is 0 Å². The molecule has 1 fully saturated rings. The normalized spacial score (nSPS) is 15.8. The first kappa shape index (κ1) is 13.8. The van der Waals surface area contributed by atoms with Crippen molar-refractivity contribution >= 4 is 26.9 Å². The highest BCUT2D eigenvalue weighted by Crippen LogP contribution is 2.23. The highest BCUT2D eigenvalue weighted by molar-refractivity contribution is 9.10. The van der Waals surface area contributed by atoms with Crippen molar-refractivity contribution < 1.29 is 4.42 Å². The van der Waals surface area contributed by atoms with E-state index in [2.05, 4.69) is 33.1 Å². The van der Waals surface area contributed by atoms with Gasteiger partial charge < -0.3 is 9.73 Å². The molecule has 1 aliphatic heterocycles. The minimum atomic E-state index is -0.284. The Kier molecular flexibility index (Phi) is 3.92. The standard InChI is InChI=1S/C15H17BrN2O2/c1-2-18(12-7-17-8-12)9-10-5-15(19)20-14-6-11(16)3-4-13(10)14/h3-6,12,17H,2,7-9H2,1H3. The fraction of sp³-hybridized carbons (Fsp3) is 0.400. The third-order valence-corrected chi connectivity index (χ3v) is 4.34. The summed E-state index contributed by atoms with van der Waals surface area (Å²) < 4.78 is 6.20. The van der Waals surface area contributed by atoms with Crippen LogP contribution >= 0.6 is 15.9 Å². The third-order valence-electron chi connectivity index (χ3n) is 3.85. The van der Waals surface area contributed by atoms with Gasteiger partial charge in [0, 0.05) is 41.6 Å². The Balaban J connectivity index is 1.99. The number of fused-ring (bicyclic) bond motifs is 1. The van der Waals surface area contributed by atoms with Crippen molar-refractivity contribution in [3.05, 3.63) is 44.7 Å². The van der Waals surface area contributed by atoms with Crippen LogP contribution in [-0.4, -0.2) is 30.6 Å². The van der Waals surface area contributed by atoms with Gasteiger partial charge in [0.15, 0.2) is 0 Å². The van der Waals surface area contributed by atoms with Crippen LogP contribution in [0.15, 0.2) is 37.9 Å². The maximum atomic E-state index is 11.7. The van der Waals surface area contributed by atoms with Crippen LogP contribution in [0.1, 0.15) is 12.5 Å². The van der Waals surface area contributed by atoms with Crippen LogP contribution in [0.5, 0.6) is 0 Å². The Hall–Kier alpha value is -1.17. The summed E-state index contributed by atoms with van der Waals surface area (Å²) in [5.74, 6) is 0. The van der Waals surface area contributed by atoms with Gasteiger partial charge in [0.1, 0.15) is 5.58 Å². The molecule has 0 aliphatic carbocycles. The summed E-state index contributed by atoms with van der Waals surface area (Å²) in [5.41, 5.74) is 1.40. The smallest absolute Gasteiger partial charge is 0.336 e. The molecule has 4 nitrogen and oxygen atoms in total. The average molecular weight is 337 g/mol. The van der Waals surface area contributed by atoms with Gasteiger partial charge in [0.25, 0.3) is 0 Å². The molecule has 0 atom stereocenters. The molecule has 1 aliphatic rings. The monoisotopic (exact) mass is 336 g/mol. The fourth-order valence-corrected chi connectivity index (χ4v) is 2.92. The second-order valence-electron chi connectivity index (χ2n) is 5.11. The van der Waals surface area contributed by atoms with Crippen LogP contribution in [0, 0.1) is 0 Å². The van der Waals surface area contributed by atoms with Crippen molar-refractivity contribution in [3.63, 3.8) is 0 Å². The van der Waals surface area contributed by atoms with E-state index in [1.807, 2.05) is 18.2 Å². The van der Waals surface area contributed by atoms with Gasteiger partial charge in [-0.05, 0) is 30.3 Å². The zero-order valence-electron chi connectivity index (χ0n) is 11.4. The van der Waals surface area contributed by atoms with Gasteiger partial charge in [0.05, 0.1) is 0 Å². The molecule has 1 aromatic heterocycles. The Morgan fingerprint density at radius 2 is 2.20 bits per heavy atom. The van der Waals surface area contributed by atoms with Gasteiger partial charge in [-0.25, -0.2) is 4.79 Å². The molecule has 106 valence electrons. The molecule has 1 aromatic carbocycles. The van der Waals surface area contributed by atoms with Crippen LogP contribution in [-0.2, 0) is 6.54 Å². The van der Waals surface area contributed by atoms with Crippen molar-refractivity contribution in [2.75, 3.05) is 19.6 Å². The predicted molar refractivity (Wildman–Crippen MR) is 82.9 cm³/mol. The van der Waals surface area contributed by atoms with E-state index in [0.29, 0.717) is 11.6 Å². The molecule has 2 aromatic rings. The largest absolute Gasteiger partial charge is 0.423 e. The number of hydrogen-bond donors (Lipinski definition) is 1. The van der Waals surface area contributed by atoms with E-state index in [0.717, 1.165) is 41.6 Å². The van der Waals surface area contributed by atoms with Gasteiger partial charge in [0.2, 0.25) is 0 Å². The van der Waals surface area contributed by atoms with Gasteiger partial charge in [-0.2, -0.15) is 0 Å². The molecule has 20 heavy (non-hydrogen) atoms. The van der Waals surface area contributed by atoms with Gasteiger partial charge in [-0.1, -0.05) is 22.9 Å². The van der Waals surface area contributed by atoms with E-state index in [4.69, 9.17) is 4.42 Å². The maximum Gasteiger partial charge on any atom is 0.336 e. The SMILES string of the molecule is CCN(Cc1cc(=O)oc2cc(Br)ccc12)C1CNC1. The molecule has 0 unspecified atom stereocenters. The number of benzene rings is 1. The van der Waals surface area contributed by atoms with Crippen molar-refractivity contribution in [3.8, 4) is 0 Å². The van der Waals surface area contributed by atoms with Crippen LogP contribution in [0.4, 0.5) is 0 Å². The molecule has 0 radical (unpaired) electrons. The summed E-state index contributed by atoms with van der Waals surface area (Å²) in [6.45, 7) is 5.97. The van der Waals surface area contributed by atoms with E-state index < -0.39 is 0 Å². The number of nitrogens with one attached hydrogen (secondary N) is 1. The lowest BCUT2D eigenvalue weighted by Gasteiger charge is -2.37. The van der Waals surface area contributed by atoms with Crippen LogP contribution in [0.25, 0.3) is 11.0 Å². The highest BCUT2D eigenvalue weighted by Gasteiger charge is 2.24. The molecule has 1 saturated heterocycles. The molecular formula is C15H17BrN2O2. The van der Waals surface area contributed by atoms with Crippen molar-refractivity contribution in [1.29, 1.82) is 0 Å². The number of halogens is 1. The lowest BCUT2D eigenvalue weighted by atomic mass is 10.1. The van der Waals surface area contributed by atoms with Crippen molar-refractivity contribution in [2.24, 2.45) is 0 Å². The first-order valence-corrected chi connectivity index (χ1v) is 7.63. The first-order chi connectivity index (χ1) is 9.67. The number of nitrogens with zero attached hydrogens (tertiary/aromatic N) is 1. The molecule has 1 N–H and O–H groups in total. The molecule has 0 spiro atoms. The van der Waals surface area contributed by atoms with Crippen LogP contribution < -0.4 is 10.9 Å². The summed E-state index contributed by atoms with van der Waals surface area (Å²) in [4.78, 5) is 14.1. The molecular weight excluding hydrogens is 320 g/mol. The highest BCUT2D eigenvalue weighted by atomic mass is 79.9. The molecule has 5 heteroatoms. The minimum absolute atomic E-state index is 0.284. The molecule has 0 saturated carbocycles. The van der Waals surface area contributed by atoms with Crippen molar-refractivity contribution in [2.45, 2.75) is 19.5 Å². The Morgan fingerprint density at radius 1 is 1.40 bits per heavy atom. The number of likely N-dealkylation sites (N-methyl/N-ethyl adjacent to an activating group) is 1. The maximum absolute atomic E-state index is 11.7. The van der Waals surface area contributed by atoms with Crippen LogP contribution in [0.3, 0.4) is 0 Å². The quantitative estimate of drug-likeness (QED) is 0.870. The lowest BCUT2D eigenvalue weighted by Crippen LogP contribution is -2.56. The van der Waals surface area contributed by atoms with E-state index in [9.17, 15) is 4.79 Å².